The molecule has 0 radical (unpaired) electrons. The fourth-order valence-electron chi connectivity index (χ4n) is 3.90. The highest BCUT2D eigenvalue weighted by Crippen LogP contribution is 2.38. The Morgan fingerprint density at radius 3 is 2.32 bits per heavy atom. The molecule has 0 aliphatic carbocycles. The van der Waals surface area contributed by atoms with Crippen molar-refractivity contribution in [2.24, 2.45) is 0 Å². The highest BCUT2D eigenvalue weighted by atomic mass is 35.5. The first-order valence-electron chi connectivity index (χ1n) is 9.12. The number of fused-ring (bicyclic) bond motifs is 1. The standard InChI is InChI=1S/C21H20ClF3N2.CH4/c22-16-7-4-6-15(12-16)14-27-19-9-5-8-18(26-10-2-1-3-11-26)17(19)13-20(27)21(23,24)25;/h4-9,12-13H,1-3,10-11,14H2;1H4. The summed E-state index contributed by atoms with van der Waals surface area (Å²) in [6.07, 6.45) is -1.09. The number of piperidine rings is 1. The van der Waals surface area contributed by atoms with Crippen molar-refractivity contribution in [3.8, 4) is 0 Å². The van der Waals surface area contributed by atoms with Crippen molar-refractivity contribution in [3.63, 3.8) is 0 Å². The summed E-state index contributed by atoms with van der Waals surface area (Å²) >= 11 is 6.02. The molecule has 2 heterocycles. The van der Waals surface area contributed by atoms with E-state index >= 15 is 0 Å². The Kier molecular flexibility index (Phi) is 5.94. The first-order chi connectivity index (χ1) is 12.9. The monoisotopic (exact) mass is 408 g/mol. The number of hydrogen-bond acceptors (Lipinski definition) is 1. The summed E-state index contributed by atoms with van der Waals surface area (Å²) in [7, 11) is 0. The molecular weight excluding hydrogens is 385 g/mol. The number of rotatable bonds is 3. The average Bonchev–Trinajstić information content (AvgIpc) is 3.01. The van der Waals surface area contributed by atoms with Crippen LogP contribution in [-0.2, 0) is 12.7 Å². The molecular formula is C22H24ClF3N2. The molecule has 0 spiro atoms. The number of anilines is 1. The van der Waals surface area contributed by atoms with E-state index in [1.165, 1.54) is 17.1 Å². The maximum Gasteiger partial charge on any atom is 0.431 e. The second-order valence-corrected chi connectivity index (χ2v) is 7.44. The largest absolute Gasteiger partial charge is 0.431 e. The van der Waals surface area contributed by atoms with E-state index in [9.17, 15) is 13.2 Å². The molecule has 0 amide bonds. The van der Waals surface area contributed by atoms with Crippen molar-refractivity contribution in [2.75, 3.05) is 18.0 Å². The molecule has 0 N–H and O–H groups in total. The number of alkyl halides is 3. The minimum Gasteiger partial charge on any atom is -0.371 e. The van der Waals surface area contributed by atoms with Crippen LogP contribution in [0, 0.1) is 0 Å². The summed E-state index contributed by atoms with van der Waals surface area (Å²) in [5, 5.41) is 1.18. The summed E-state index contributed by atoms with van der Waals surface area (Å²) in [5.41, 5.74) is 1.61. The highest BCUT2D eigenvalue weighted by molar-refractivity contribution is 6.30. The summed E-state index contributed by atoms with van der Waals surface area (Å²) in [6, 6.07) is 13.8. The Bertz CT molecular complexity index is 956. The fraction of sp³-hybridized carbons (Fsp3) is 0.364. The Balaban J connectivity index is 0.00000225. The lowest BCUT2D eigenvalue weighted by atomic mass is 10.1. The molecule has 1 fully saturated rings. The molecule has 3 aromatic rings. The van der Waals surface area contributed by atoms with E-state index in [0.717, 1.165) is 37.2 Å². The predicted octanol–water partition coefficient (Wildman–Crippen LogP) is 6.99. The predicted molar refractivity (Wildman–Crippen MR) is 110 cm³/mol. The number of nitrogens with zero attached hydrogens (tertiary/aromatic N) is 2. The van der Waals surface area contributed by atoms with Gasteiger partial charge in [-0.3, -0.25) is 0 Å². The molecule has 2 nitrogen and oxygen atoms in total. The maximum atomic E-state index is 13.8. The second-order valence-electron chi connectivity index (χ2n) is 7.00. The van der Waals surface area contributed by atoms with Gasteiger partial charge in [0.05, 0.1) is 5.52 Å². The van der Waals surface area contributed by atoms with E-state index in [0.29, 0.717) is 15.9 Å². The van der Waals surface area contributed by atoms with Gasteiger partial charge in [0.1, 0.15) is 5.69 Å². The third kappa shape index (κ3) is 4.00. The van der Waals surface area contributed by atoms with Gasteiger partial charge >= 0.3 is 6.18 Å². The van der Waals surface area contributed by atoms with E-state index in [4.69, 9.17) is 11.6 Å². The Morgan fingerprint density at radius 2 is 1.64 bits per heavy atom. The third-order valence-electron chi connectivity index (χ3n) is 5.14. The molecule has 1 aliphatic heterocycles. The topological polar surface area (TPSA) is 8.17 Å². The Labute approximate surface area is 168 Å². The van der Waals surface area contributed by atoms with Gasteiger partial charge < -0.3 is 9.47 Å². The first-order valence-corrected chi connectivity index (χ1v) is 9.50. The number of benzene rings is 2. The van der Waals surface area contributed by atoms with Crippen LogP contribution >= 0.6 is 11.6 Å². The molecule has 150 valence electrons. The van der Waals surface area contributed by atoms with Crippen molar-refractivity contribution >= 4 is 28.2 Å². The Hall–Kier alpha value is -2.14. The summed E-state index contributed by atoms with van der Waals surface area (Å²) in [4.78, 5) is 2.20. The van der Waals surface area contributed by atoms with E-state index < -0.39 is 11.9 Å². The van der Waals surface area contributed by atoms with Crippen molar-refractivity contribution in [1.82, 2.24) is 4.57 Å². The lowest BCUT2D eigenvalue weighted by molar-refractivity contribution is -0.143. The fourth-order valence-corrected chi connectivity index (χ4v) is 4.12. The van der Waals surface area contributed by atoms with Gasteiger partial charge in [0.15, 0.2) is 0 Å². The van der Waals surface area contributed by atoms with Gasteiger partial charge in [-0.25, -0.2) is 0 Å². The van der Waals surface area contributed by atoms with Crippen LogP contribution in [0.25, 0.3) is 10.9 Å². The minimum atomic E-state index is -4.42. The molecule has 0 atom stereocenters. The molecule has 0 unspecified atom stereocenters. The molecule has 28 heavy (non-hydrogen) atoms. The minimum absolute atomic E-state index is 0. The van der Waals surface area contributed by atoms with E-state index in [1.54, 1.807) is 30.3 Å². The van der Waals surface area contributed by atoms with Gasteiger partial charge in [-0.1, -0.05) is 37.2 Å². The van der Waals surface area contributed by atoms with Gasteiger partial charge in [-0.05, 0) is 55.2 Å². The van der Waals surface area contributed by atoms with Gasteiger partial charge in [0, 0.05) is 35.7 Å². The summed E-state index contributed by atoms with van der Waals surface area (Å²) in [5.74, 6) is 0. The normalized spacial score (nSPS) is 14.9. The SMILES string of the molecule is C.FC(F)(F)c1cc2c(N3CCCCC3)cccc2n1Cc1cccc(Cl)c1. The van der Waals surface area contributed by atoms with E-state index in [-0.39, 0.29) is 14.0 Å². The van der Waals surface area contributed by atoms with Crippen LogP contribution in [-0.4, -0.2) is 17.7 Å². The highest BCUT2D eigenvalue weighted by Gasteiger charge is 2.36. The molecule has 0 bridgehead atoms. The van der Waals surface area contributed by atoms with Crippen LogP contribution in [0.15, 0.2) is 48.5 Å². The zero-order valence-corrected chi connectivity index (χ0v) is 15.5. The van der Waals surface area contributed by atoms with Crippen LogP contribution in [0.5, 0.6) is 0 Å². The summed E-state index contributed by atoms with van der Waals surface area (Å²) < 4.78 is 42.7. The van der Waals surface area contributed by atoms with Crippen molar-refractivity contribution in [3.05, 3.63) is 64.8 Å². The van der Waals surface area contributed by atoms with Gasteiger partial charge in [-0.15, -0.1) is 0 Å². The van der Waals surface area contributed by atoms with Crippen molar-refractivity contribution < 1.29 is 13.2 Å². The Morgan fingerprint density at radius 1 is 0.929 bits per heavy atom. The zero-order valence-electron chi connectivity index (χ0n) is 14.8. The molecule has 0 saturated carbocycles. The molecule has 6 heteroatoms. The smallest absolute Gasteiger partial charge is 0.371 e. The van der Waals surface area contributed by atoms with Crippen molar-refractivity contribution in [1.29, 1.82) is 0 Å². The average molecular weight is 409 g/mol. The number of halogens is 4. The molecule has 2 aromatic carbocycles. The third-order valence-corrected chi connectivity index (χ3v) is 5.37. The second kappa shape index (κ2) is 8.08. The molecule has 1 saturated heterocycles. The summed E-state index contributed by atoms with van der Waals surface area (Å²) in [6.45, 7) is 1.90. The van der Waals surface area contributed by atoms with Crippen LogP contribution in [0.4, 0.5) is 18.9 Å². The van der Waals surface area contributed by atoms with Crippen LogP contribution in [0.1, 0.15) is 37.9 Å². The van der Waals surface area contributed by atoms with Crippen molar-refractivity contribution in [2.45, 2.75) is 39.4 Å². The number of hydrogen-bond donors (Lipinski definition) is 0. The molecule has 1 aromatic heterocycles. The van der Waals surface area contributed by atoms with E-state index in [1.807, 2.05) is 12.1 Å². The first kappa shape index (κ1) is 20.6. The maximum absolute atomic E-state index is 13.8. The van der Waals surface area contributed by atoms with Crippen LogP contribution < -0.4 is 4.90 Å². The lowest BCUT2D eigenvalue weighted by Gasteiger charge is -2.29. The number of aromatic nitrogens is 1. The van der Waals surface area contributed by atoms with Gasteiger partial charge in [0.2, 0.25) is 0 Å². The molecule has 1 aliphatic rings. The van der Waals surface area contributed by atoms with Gasteiger partial charge in [0.25, 0.3) is 0 Å². The van der Waals surface area contributed by atoms with Crippen LogP contribution in [0.2, 0.25) is 5.02 Å². The van der Waals surface area contributed by atoms with E-state index in [2.05, 4.69) is 4.90 Å². The lowest BCUT2D eigenvalue weighted by Crippen LogP contribution is -2.29. The van der Waals surface area contributed by atoms with Crippen LogP contribution in [0.3, 0.4) is 0 Å². The zero-order chi connectivity index (χ0) is 19.0. The molecule has 4 rings (SSSR count). The van der Waals surface area contributed by atoms with Gasteiger partial charge in [-0.2, -0.15) is 13.2 Å². The quantitative estimate of drug-likeness (QED) is 0.453.